The van der Waals surface area contributed by atoms with E-state index in [-0.39, 0.29) is 25.6 Å². The fraction of sp³-hybridized carbons (Fsp3) is 0.881. The van der Waals surface area contributed by atoms with Gasteiger partial charge in [0.05, 0.1) is 27.7 Å². The van der Waals surface area contributed by atoms with Gasteiger partial charge in [-0.2, -0.15) is 0 Å². The molecule has 0 radical (unpaired) electrons. The molecule has 0 aromatic rings. The maximum absolute atomic E-state index is 12.9. The highest BCUT2D eigenvalue weighted by molar-refractivity contribution is 7.47. The molecule has 0 aliphatic rings. The predicted octanol–water partition coefficient (Wildman–Crippen LogP) is 27.5. The van der Waals surface area contributed by atoms with Gasteiger partial charge in [0.1, 0.15) is 19.8 Å². The van der Waals surface area contributed by atoms with Crippen LogP contribution < -0.4 is 0 Å². The highest BCUT2D eigenvalue weighted by Crippen LogP contribution is 2.43. The number of esters is 2. The second kappa shape index (κ2) is 75.2. The molecule has 10 heteroatoms. The van der Waals surface area contributed by atoms with Crippen LogP contribution >= 0.6 is 7.82 Å². The Labute approximate surface area is 585 Å². The van der Waals surface area contributed by atoms with Crippen molar-refractivity contribution in [3.05, 3.63) is 48.6 Å². The van der Waals surface area contributed by atoms with Crippen molar-refractivity contribution in [1.82, 2.24) is 0 Å². The van der Waals surface area contributed by atoms with Crippen LogP contribution in [0.2, 0.25) is 0 Å². The Kier molecular flexibility index (Phi) is 73.6. The Morgan fingerprint density at radius 1 is 0.330 bits per heavy atom. The molecule has 0 heterocycles. The van der Waals surface area contributed by atoms with Crippen molar-refractivity contribution in [3.63, 3.8) is 0 Å². The third kappa shape index (κ3) is 79.0. The van der Waals surface area contributed by atoms with Crippen LogP contribution in [0.3, 0.4) is 0 Å². The molecule has 0 aliphatic heterocycles. The molecule has 0 rings (SSSR count). The second-order valence-corrected chi connectivity index (χ2v) is 31.0. The third-order valence-electron chi connectivity index (χ3n) is 18.8. The molecular weight excluding hydrogens is 1180 g/mol. The zero-order chi connectivity index (χ0) is 68.3. The number of quaternary nitrogens is 1. The Bertz CT molecular complexity index is 1720. The number of carbonyl (C=O) groups is 2. The van der Waals surface area contributed by atoms with Crippen LogP contribution in [0.1, 0.15) is 425 Å². The first-order valence-corrected chi connectivity index (χ1v) is 42.9. The maximum atomic E-state index is 12.9. The molecule has 0 amide bonds. The number of unbranched alkanes of at least 4 members (excludes halogenated alkanes) is 56. The van der Waals surface area contributed by atoms with E-state index in [1.807, 2.05) is 21.1 Å². The smallest absolute Gasteiger partial charge is 0.462 e. The van der Waals surface area contributed by atoms with Crippen LogP contribution in [0.5, 0.6) is 0 Å². The van der Waals surface area contributed by atoms with Gasteiger partial charge in [-0.3, -0.25) is 18.6 Å². The van der Waals surface area contributed by atoms with Crippen molar-refractivity contribution >= 4 is 19.8 Å². The van der Waals surface area contributed by atoms with E-state index in [4.69, 9.17) is 18.5 Å². The molecule has 1 N–H and O–H groups in total. The van der Waals surface area contributed by atoms with Gasteiger partial charge in [-0.05, 0) is 77.0 Å². The summed E-state index contributed by atoms with van der Waals surface area (Å²) in [5, 5.41) is 0. The predicted molar refractivity (Wildman–Crippen MR) is 409 cm³/mol. The van der Waals surface area contributed by atoms with Crippen LogP contribution in [0.4, 0.5) is 0 Å². The summed E-state index contributed by atoms with van der Waals surface area (Å²) in [6.07, 6.45) is 99.9. The summed E-state index contributed by atoms with van der Waals surface area (Å²) in [5.74, 6) is -0.774. The minimum absolute atomic E-state index is 0.0340. The Hall–Kier alpha value is -2.03. The van der Waals surface area contributed by atoms with Crippen LogP contribution in [0.25, 0.3) is 0 Å². The summed E-state index contributed by atoms with van der Waals surface area (Å²) in [7, 11) is 1.50. The van der Waals surface area contributed by atoms with Crippen molar-refractivity contribution in [1.29, 1.82) is 0 Å². The number of carbonyl (C=O) groups excluding carboxylic acids is 2. The third-order valence-corrected chi connectivity index (χ3v) is 19.8. The standard InChI is InChI=1S/C84H160NO8P/c1-6-8-10-12-14-16-18-20-22-24-26-28-30-32-34-36-38-39-40-41-42-43-44-45-47-48-50-52-54-56-58-60-62-64-66-68-70-72-74-76-83(86)90-80-82(81-92-94(88,89)91-79-78-85(3,4)5)93-84(87)77-75-73-71-69-67-65-63-61-59-57-55-53-51-49-46-37-35-33-31-29-27-25-23-21-19-17-15-13-11-9-7-2/h19,21,24-27,31,33,82H,6-18,20,22-23,28-30,32,34-81H2,1-5H3/p+1/b21-19-,26-24-,27-25-,33-31-. The first kappa shape index (κ1) is 92.0. The van der Waals surface area contributed by atoms with Gasteiger partial charge in [0.25, 0.3) is 0 Å². The van der Waals surface area contributed by atoms with E-state index >= 15 is 0 Å². The molecule has 0 aromatic heterocycles. The topological polar surface area (TPSA) is 108 Å². The average Bonchev–Trinajstić information content (AvgIpc) is 1.66. The molecule has 0 saturated carbocycles. The Balaban J connectivity index is 3.89. The van der Waals surface area contributed by atoms with Gasteiger partial charge in [0.15, 0.2) is 6.10 Å². The molecule has 0 saturated heterocycles. The summed E-state index contributed by atoms with van der Waals surface area (Å²) < 4.78 is 34.8. The van der Waals surface area contributed by atoms with Crippen LogP contribution in [-0.2, 0) is 32.7 Å². The normalized spacial score (nSPS) is 13.2. The van der Waals surface area contributed by atoms with Gasteiger partial charge >= 0.3 is 19.8 Å². The van der Waals surface area contributed by atoms with Gasteiger partial charge < -0.3 is 18.9 Å². The quantitative estimate of drug-likeness (QED) is 0.0211. The molecule has 94 heavy (non-hydrogen) atoms. The molecule has 0 aliphatic carbocycles. The molecular formula is C84H161NO8P+. The molecule has 2 unspecified atom stereocenters. The first-order valence-electron chi connectivity index (χ1n) is 41.4. The lowest BCUT2D eigenvalue weighted by Gasteiger charge is -2.24. The van der Waals surface area contributed by atoms with E-state index in [0.29, 0.717) is 23.9 Å². The number of phosphoric ester groups is 1. The van der Waals surface area contributed by atoms with E-state index < -0.39 is 26.5 Å². The molecule has 0 spiro atoms. The largest absolute Gasteiger partial charge is 0.472 e. The number of allylic oxidation sites excluding steroid dienone is 8. The van der Waals surface area contributed by atoms with Crippen LogP contribution in [0, 0.1) is 0 Å². The van der Waals surface area contributed by atoms with Crippen molar-refractivity contribution in [2.24, 2.45) is 0 Å². The lowest BCUT2D eigenvalue weighted by molar-refractivity contribution is -0.870. The van der Waals surface area contributed by atoms with Gasteiger partial charge in [-0.25, -0.2) is 4.57 Å². The molecule has 0 fully saturated rings. The van der Waals surface area contributed by atoms with E-state index in [9.17, 15) is 19.0 Å². The number of rotatable bonds is 78. The second-order valence-electron chi connectivity index (χ2n) is 29.5. The van der Waals surface area contributed by atoms with E-state index in [1.165, 1.54) is 347 Å². The van der Waals surface area contributed by atoms with Gasteiger partial charge in [0.2, 0.25) is 0 Å². The minimum Gasteiger partial charge on any atom is -0.462 e. The van der Waals surface area contributed by atoms with E-state index in [0.717, 1.165) is 44.9 Å². The molecule has 0 aromatic carbocycles. The van der Waals surface area contributed by atoms with Gasteiger partial charge in [0, 0.05) is 12.8 Å². The maximum Gasteiger partial charge on any atom is 0.472 e. The fourth-order valence-corrected chi connectivity index (χ4v) is 13.2. The number of hydrogen-bond acceptors (Lipinski definition) is 7. The fourth-order valence-electron chi connectivity index (χ4n) is 12.5. The van der Waals surface area contributed by atoms with Gasteiger partial charge in [-0.1, -0.05) is 383 Å². The van der Waals surface area contributed by atoms with E-state index in [1.54, 1.807) is 0 Å². The zero-order valence-corrected chi connectivity index (χ0v) is 64.4. The summed E-state index contributed by atoms with van der Waals surface area (Å²) in [6, 6.07) is 0. The minimum atomic E-state index is -4.39. The SMILES string of the molecule is CCCCCCC/C=C\C/C=C\C/C=C\CCCCCCCCCCCCCCCCCCC(=O)OC(COC(=O)CCCCCCCCCCCCCCCCCCCCCCCCCCCCC/C=C\CCCCCCCCCC)COP(=O)(O)OCC[N+](C)(C)C. The van der Waals surface area contributed by atoms with Crippen LogP contribution in [0.15, 0.2) is 48.6 Å². The number of nitrogens with zero attached hydrogens (tertiary/aromatic N) is 1. The van der Waals surface area contributed by atoms with Crippen molar-refractivity contribution < 1.29 is 42.1 Å². The average molecular weight is 1340 g/mol. The number of likely N-dealkylation sites (N-methyl/N-ethyl adjacent to an activating group) is 1. The molecule has 2 atom stereocenters. The Morgan fingerprint density at radius 3 is 0.862 bits per heavy atom. The lowest BCUT2D eigenvalue weighted by atomic mass is 10.0. The van der Waals surface area contributed by atoms with E-state index in [2.05, 4.69) is 62.5 Å². The highest BCUT2D eigenvalue weighted by atomic mass is 31.2. The number of phosphoric acid groups is 1. The number of hydrogen-bond donors (Lipinski definition) is 1. The van der Waals surface area contributed by atoms with Gasteiger partial charge in [-0.15, -0.1) is 0 Å². The summed E-state index contributed by atoms with van der Waals surface area (Å²) in [6.45, 7) is 4.50. The lowest BCUT2D eigenvalue weighted by Crippen LogP contribution is -2.37. The molecule has 554 valence electrons. The summed E-state index contributed by atoms with van der Waals surface area (Å²) in [5.41, 5.74) is 0. The highest BCUT2D eigenvalue weighted by Gasteiger charge is 2.27. The van der Waals surface area contributed by atoms with Crippen molar-refractivity contribution in [3.8, 4) is 0 Å². The van der Waals surface area contributed by atoms with Crippen molar-refractivity contribution in [2.75, 3.05) is 47.5 Å². The Morgan fingerprint density at radius 2 is 0.574 bits per heavy atom. The van der Waals surface area contributed by atoms with Crippen LogP contribution in [-0.4, -0.2) is 74.9 Å². The van der Waals surface area contributed by atoms with Crippen molar-refractivity contribution in [2.45, 2.75) is 431 Å². The monoisotopic (exact) mass is 1340 g/mol. The molecule has 0 bridgehead atoms. The number of ether oxygens (including phenoxy) is 2. The summed E-state index contributed by atoms with van der Waals surface area (Å²) >= 11 is 0. The molecule has 9 nitrogen and oxygen atoms in total. The first-order chi connectivity index (χ1) is 46.0. The summed E-state index contributed by atoms with van der Waals surface area (Å²) in [4.78, 5) is 36.0. The zero-order valence-electron chi connectivity index (χ0n) is 63.5.